The predicted molar refractivity (Wildman–Crippen MR) is 56.5 cm³/mol. The molecular formula is C11H15ClO. The molecule has 0 aliphatic rings. The standard InChI is InChI=1S/C11H15ClO/c1-3-9(2)10-4-6-11(7-5-10)13-8-12/h4-7,9H,3,8H2,1-2H3. The molecule has 0 spiro atoms. The van der Waals surface area contributed by atoms with E-state index in [1.54, 1.807) is 0 Å². The number of hydrogen-bond donors (Lipinski definition) is 0. The minimum atomic E-state index is 0.211. The molecule has 2 heteroatoms. The second-order valence-electron chi connectivity index (χ2n) is 3.13. The fourth-order valence-corrected chi connectivity index (χ4v) is 1.32. The molecule has 0 N–H and O–H groups in total. The van der Waals surface area contributed by atoms with Gasteiger partial charge in [-0.25, -0.2) is 0 Å². The van der Waals surface area contributed by atoms with E-state index >= 15 is 0 Å². The first-order valence-electron chi connectivity index (χ1n) is 4.56. The van der Waals surface area contributed by atoms with Crippen molar-refractivity contribution in [3.63, 3.8) is 0 Å². The van der Waals surface area contributed by atoms with Crippen LogP contribution in [0.3, 0.4) is 0 Å². The minimum Gasteiger partial charge on any atom is -0.478 e. The molecule has 0 aliphatic carbocycles. The van der Waals surface area contributed by atoms with E-state index in [1.807, 2.05) is 12.1 Å². The van der Waals surface area contributed by atoms with Gasteiger partial charge in [0.25, 0.3) is 0 Å². The van der Waals surface area contributed by atoms with Crippen molar-refractivity contribution in [1.82, 2.24) is 0 Å². The molecule has 0 saturated carbocycles. The Hall–Kier alpha value is -0.690. The normalized spacial score (nSPS) is 12.5. The maximum absolute atomic E-state index is 5.44. The summed E-state index contributed by atoms with van der Waals surface area (Å²) in [5.41, 5.74) is 1.35. The monoisotopic (exact) mass is 198 g/mol. The average molecular weight is 199 g/mol. The van der Waals surface area contributed by atoms with Gasteiger partial charge < -0.3 is 4.74 Å². The Labute approximate surface area is 84.7 Å². The van der Waals surface area contributed by atoms with E-state index in [0.29, 0.717) is 5.92 Å². The lowest BCUT2D eigenvalue weighted by atomic mass is 9.99. The third kappa shape index (κ3) is 2.92. The summed E-state index contributed by atoms with van der Waals surface area (Å²) in [6.07, 6.45) is 1.16. The maximum Gasteiger partial charge on any atom is 0.162 e. The highest BCUT2D eigenvalue weighted by Gasteiger charge is 2.01. The largest absolute Gasteiger partial charge is 0.478 e. The highest BCUT2D eigenvalue weighted by Crippen LogP contribution is 2.21. The van der Waals surface area contributed by atoms with E-state index in [9.17, 15) is 0 Å². The summed E-state index contributed by atoms with van der Waals surface area (Å²) >= 11 is 5.44. The molecule has 72 valence electrons. The molecule has 0 saturated heterocycles. The summed E-state index contributed by atoms with van der Waals surface area (Å²) in [6, 6.07) is 8.32. The first kappa shape index (κ1) is 10.4. The molecular weight excluding hydrogens is 184 g/mol. The van der Waals surface area contributed by atoms with Crippen LogP contribution in [0.25, 0.3) is 0 Å². The fourth-order valence-electron chi connectivity index (χ4n) is 1.19. The molecule has 0 fully saturated rings. The molecule has 1 aromatic rings. The van der Waals surface area contributed by atoms with Crippen LogP contribution >= 0.6 is 11.6 Å². The zero-order chi connectivity index (χ0) is 9.68. The molecule has 0 aliphatic heterocycles. The van der Waals surface area contributed by atoms with Crippen LogP contribution in [0.15, 0.2) is 24.3 Å². The van der Waals surface area contributed by atoms with Crippen molar-refractivity contribution < 1.29 is 4.74 Å². The van der Waals surface area contributed by atoms with Crippen LogP contribution in [0, 0.1) is 0 Å². The Bertz CT molecular complexity index is 243. The van der Waals surface area contributed by atoms with Gasteiger partial charge in [0.05, 0.1) is 0 Å². The molecule has 0 bridgehead atoms. The number of halogens is 1. The third-order valence-electron chi connectivity index (χ3n) is 2.28. The minimum absolute atomic E-state index is 0.211. The molecule has 1 nitrogen and oxygen atoms in total. The van der Waals surface area contributed by atoms with Gasteiger partial charge in [-0.3, -0.25) is 0 Å². The SMILES string of the molecule is CCC(C)c1ccc(OCCl)cc1. The van der Waals surface area contributed by atoms with Gasteiger partial charge in [0.1, 0.15) is 5.75 Å². The van der Waals surface area contributed by atoms with E-state index < -0.39 is 0 Å². The van der Waals surface area contributed by atoms with E-state index in [2.05, 4.69) is 26.0 Å². The molecule has 13 heavy (non-hydrogen) atoms. The van der Waals surface area contributed by atoms with Gasteiger partial charge in [-0.15, -0.1) is 0 Å². The maximum atomic E-state index is 5.44. The summed E-state index contributed by atoms with van der Waals surface area (Å²) in [5, 5.41) is 0. The molecule has 1 atom stereocenters. The van der Waals surface area contributed by atoms with Crippen molar-refractivity contribution in [2.75, 3.05) is 6.07 Å². The summed E-state index contributed by atoms with van der Waals surface area (Å²) in [6.45, 7) is 4.41. The van der Waals surface area contributed by atoms with Crippen molar-refractivity contribution >= 4 is 11.6 Å². The molecule has 1 aromatic carbocycles. The summed E-state index contributed by atoms with van der Waals surface area (Å²) in [7, 11) is 0. The highest BCUT2D eigenvalue weighted by molar-refractivity contribution is 6.17. The lowest BCUT2D eigenvalue weighted by Gasteiger charge is -2.09. The number of ether oxygens (including phenoxy) is 1. The van der Waals surface area contributed by atoms with Crippen LogP contribution in [0.2, 0.25) is 0 Å². The zero-order valence-electron chi connectivity index (χ0n) is 8.09. The fraction of sp³-hybridized carbons (Fsp3) is 0.455. The highest BCUT2D eigenvalue weighted by atomic mass is 35.5. The Kier molecular flexibility index (Phi) is 4.10. The Morgan fingerprint density at radius 3 is 2.38 bits per heavy atom. The number of benzene rings is 1. The van der Waals surface area contributed by atoms with E-state index in [0.717, 1.165) is 12.2 Å². The van der Waals surface area contributed by atoms with Crippen molar-refractivity contribution in [2.45, 2.75) is 26.2 Å². The van der Waals surface area contributed by atoms with Gasteiger partial charge in [-0.2, -0.15) is 0 Å². The van der Waals surface area contributed by atoms with E-state index in [-0.39, 0.29) is 6.07 Å². The molecule has 1 unspecified atom stereocenters. The van der Waals surface area contributed by atoms with Gasteiger partial charge in [-0.05, 0) is 30.0 Å². The molecule has 0 radical (unpaired) electrons. The molecule has 0 aromatic heterocycles. The second-order valence-corrected chi connectivity index (χ2v) is 3.35. The van der Waals surface area contributed by atoms with Gasteiger partial charge in [0, 0.05) is 0 Å². The number of alkyl halides is 1. The topological polar surface area (TPSA) is 9.23 Å². The average Bonchev–Trinajstić information content (AvgIpc) is 2.18. The van der Waals surface area contributed by atoms with Gasteiger partial charge in [0.15, 0.2) is 6.07 Å². The van der Waals surface area contributed by atoms with Crippen molar-refractivity contribution in [3.8, 4) is 5.75 Å². The van der Waals surface area contributed by atoms with Crippen molar-refractivity contribution in [3.05, 3.63) is 29.8 Å². The third-order valence-corrected chi connectivity index (χ3v) is 2.39. The Balaban J connectivity index is 2.69. The van der Waals surface area contributed by atoms with Gasteiger partial charge in [0.2, 0.25) is 0 Å². The van der Waals surface area contributed by atoms with Crippen molar-refractivity contribution in [2.24, 2.45) is 0 Å². The van der Waals surface area contributed by atoms with Crippen molar-refractivity contribution in [1.29, 1.82) is 0 Å². The quantitative estimate of drug-likeness (QED) is 0.670. The van der Waals surface area contributed by atoms with Gasteiger partial charge >= 0.3 is 0 Å². The van der Waals surface area contributed by atoms with E-state index in [1.165, 1.54) is 5.56 Å². The predicted octanol–water partition coefficient (Wildman–Crippen LogP) is 3.78. The second kappa shape index (κ2) is 5.13. The van der Waals surface area contributed by atoms with Crippen LogP contribution in [0.4, 0.5) is 0 Å². The Morgan fingerprint density at radius 2 is 1.92 bits per heavy atom. The smallest absolute Gasteiger partial charge is 0.162 e. The van der Waals surface area contributed by atoms with Crippen LogP contribution in [-0.2, 0) is 0 Å². The van der Waals surface area contributed by atoms with Crippen LogP contribution in [0.1, 0.15) is 31.7 Å². The molecule has 0 heterocycles. The first-order chi connectivity index (χ1) is 6.27. The van der Waals surface area contributed by atoms with E-state index in [4.69, 9.17) is 16.3 Å². The summed E-state index contributed by atoms with van der Waals surface area (Å²) in [5.74, 6) is 1.45. The zero-order valence-corrected chi connectivity index (χ0v) is 8.84. The lowest BCUT2D eigenvalue weighted by molar-refractivity contribution is 0.388. The summed E-state index contributed by atoms with van der Waals surface area (Å²) in [4.78, 5) is 0. The van der Waals surface area contributed by atoms with Crippen LogP contribution in [0.5, 0.6) is 5.75 Å². The Morgan fingerprint density at radius 1 is 1.31 bits per heavy atom. The summed E-state index contributed by atoms with van der Waals surface area (Å²) < 4.78 is 5.14. The van der Waals surface area contributed by atoms with Crippen LogP contribution in [-0.4, -0.2) is 6.07 Å². The number of hydrogen-bond acceptors (Lipinski definition) is 1. The first-order valence-corrected chi connectivity index (χ1v) is 5.10. The molecule has 0 amide bonds. The van der Waals surface area contributed by atoms with Gasteiger partial charge in [-0.1, -0.05) is 37.6 Å². The number of rotatable bonds is 4. The molecule has 1 rings (SSSR count). The lowest BCUT2D eigenvalue weighted by Crippen LogP contribution is -1.92. The van der Waals surface area contributed by atoms with Crippen LogP contribution < -0.4 is 4.74 Å².